The van der Waals surface area contributed by atoms with Crippen LogP contribution in [0, 0.1) is 12.3 Å². The second-order valence-corrected chi connectivity index (χ2v) is 5.97. The molecule has 0 radical (unpaired) electrons. The largest absolute Gasteiger partial charge is 0.393 e. The third-order valence-electron chi connectivity index (χ3n) is 4.86. The highest BCUT2D eigenvalue weighted by atomic mass is 16.3. The Bertz CT molecular complexity index is 377. The van der Waals surface area contributed by atoms with Crippen LogP contribution in [-0.2, 0) is 5.41 Å². The van der Waals surface area contributed by atoms with Crippen LogP contribution < -0.4 is 0 Å². The molecule has 1 saturated carbocycles. The van der Waals surface area contributed by atoms with Gasteiger partial charge in [0.25, 0.3) is 0 Å². The molecule has 0 spiro atoms. The van der Waals surface area contributed by atoms with Gasteiger partial charge in [-0.2, -0.15) is 0 Å². The molecule has 0 heterocycles. The summed E-state index contributed by atoms with van der Waals surface area (Å²) in [6.45, 7) is 8.77. The third-order valence-corrected chi connectivity index (χ3v) is 4.86. The number of aliphatic hydroxyl groups is 1. The number of aliphatic hydroxyl groups excluding tert-OH is 1. The second-order valence-electron chi connectivity index (χ2n) is 5.97. The highest BCUT2D eigenvalue weighted by Crippen LogP contribution is 2.53. The van der Waals surface area contributed by atoms with E-state index in [-0.39, 0.29) is 16.9 Å². The lowest BCUT2D eigenvalue weighted by molar-refractivity contribution is 0.0450. The summed E-state index contributed by atoms with van der Waals surface area (Å²) in [5.74, 6) is 0. The zero-order chi connectivity index (χ0) is 12.0. The Labute approximate surface area is 98.5 Å². The number of aryl methyl sites for hydroxylation is 1. The van der Waals surface area contributed by atoms with E-state index in [9.17, 15) is 5.11 Å². The minimum atomic E-state index is -0.182. The second kappa shape index (κ2) is 3.59. The summed E-state index contributed by atoms with van der Waals surface area (Å²) in [4.78, 5) is 0. The fraction of sp³-hybridized carbons (Fsp3) is 0.600. The van der Waals surface area contributed by atoms with Gasteiger partial charge in [0.2, 0.25) is 0 Å². The molecule has 1 heteroatoms. The summed E-state index contributed by atoms with van der Waals surface area (Å²) in [6.07, 6.45) is 1.81. The van der Waals surface area contributed by atoms with Gasteiger partial charge in [-0.25, -0.2) is 0 Å². The van der Waals surface area contributed by atoms with Gasteiger partial charge in [-0.1, -0.05) is 50.6 Å². The number of rotatable bonds is 1. The minimum Gasteiger partial charge on any atom is -0.393 e. The molecule has 1 aliphatic carbocycles. The van der Waals surface area contributed by atoms with Crippen LogP contribution in [0.3, 0.4) is 0 Å². The van der Waals surface area contributed by atoms with Gasteiger partial charge < -0.3 is 5.11 Å². The standard InChI is InChI=1S/C15H22O/c1-11-5-7-12(8-6-11)15(4)10-9-13(16)14(15,2)3/h5-8,13,16H,9-10H2,1-4H3/t13-,15-/m1/s1. The van der Waals surface area contributed by atoms with Crippen LogP contribution in [-0.4, -0.2) is 11.2 Å². The molecule has 0 saturated heterocycles. The van der Waals surface area contributed by atoms with Crippen LogP contribution in [0.15, 0.2) is 24.3 Å². The van der Waals surface area contributed by atoms with Gasteiger partial charge in [0, 0.05) is 10.8 Å². The summed E-state index contributed by atoms with van der Waals surface area (Å²) in [5.41, 5.74) is 2.71. The van der Waals surface area contributed by atoms with Crippen molar-refractivity contribution in [1.29, 1.82) is 0 Å². The molecule has 1 aromatic rings. The average Bonchev–Trinajstić information content (AvgIpc) is 2.44. The van der Waals surface area contributed by atoms with Crippen molar-refractivity contribution in [3.63, 3.8) is 0 Å². The van der Waals surface area contributed by atoms with Crippen molar-refractivity contribution >= 4 is 0 Å². The van der Waals surface area contributed by atoms with Crippen LogP contribution in [0.1, 0.15) is 44.7 Å². The highest BCUT2D eigenvalue weighted by Gasteiger charge is 2.51. The Balaban J connectivity index is 2.43. The summed E-state index contributed by atoms with van der Waals surface area (Å²) in [5, 5.41) is 10.1. The Kier molecular flexibility index (Phi) is 2.62. The molecule has 0 aliphatic heterocycles. The number of hydrogen-bond acceptors (Lipinski definition) is 1. The van der Waals surface area contributed by atoms with Crippen LogP contribution in [0.25, 0.3) is 0 Å². The SMILES string of the molecule is Cc1ccc([C@@]2(C)CC[C@@H](O)C2(C)C)cc1. The van der Waals surface area contributed by atoms with Crippen molar-refractivity contribution < 1.29 is 5.11 Å². The van der Waals surface area contributed by atoms with Crippen LogP contribution in [0.2, 0.25) is 0 Å². The zero-order valence-corrected chi connectivity index (χ0v) is 10.7. The van der Waals surface area contributed by atoms with E-state index < -0.39 is 0 Å². The van der Waals surface area contributed by atoms with E-state index in [0.717, 1.165) is 12.8 Å². The van der Waals surface area contributed by atoms with Crippen molar-refractivity contribution in [3.8, 4) is 0 Å². The van der Waals surface area contributed by atoms with Gasteiger partial charge in [0.05, 0.1) is 6.10 Å². The molecule has 2 atom stereocenters. The molecule has 0 aromatic heterocycles. The summed E-state index contributed by atoms with van der Waals surface area (Å²) >= 11 is 0. The van der Waals surface area contributed by atoms with Gasteiger partial charge in [0.15, 0.2) is 0 Å². The fourth-order valence-corrected chi connectivity index (χ4v) is 2.91. The number of benzene rings is 1. The van der Waals surface area contributed by atoms with Crippen LogP contribution in [0.5, 0.6) is 0 Å². The quantitative estimate of drug-likeness (QED) is 0.765. The Hall–Kier alpha value is -0.820. The van der Waals surface area contributed by atoms with E-state index in [1.807, 2.05) is 0 Å². The van der Waals surface area contributed by atoms with Crippen LogP contribution >= 0.6 is 0 Å². The summed E-state index contributed by atoms with van der Waals surface area (Å²) < 4.78 is 0. The predicted octanol–water partition coefficient (Wildman–Crippen LogP) is 3.43. The predicted molar refractivity (Wildman–Crippen MR) is 67.6 cm³/mol. The zero-order valence-electron chi connectivity index (χ0n) is 10.7. The molecule has 0 unspecified atom stereocenters. The Morgan fingerprint density at radius 3 is 2.12 bits per heavy atom. The van der Waals surface area contributed by atoms with Crippen molar-refractivity contribution in [3.05, 3.63) is 35.4 Å². The molecule has 2 rings (SSSR count). The van der Waals surface area contributed by atoms with Gasteiger partial charge in [-0.15, -0.1) is 0 Å². The van der Waals surface area contributed by atoms with Gasteiger partial charge in [-0.05, 0) is 25.3 Å². The molecule has 1 nitrogen and oxygen atoms in total. The first-order valence-corrected chi connectivity index (χ1v) is 6.13. The van der Waals surface area contributed by atoms with Crippen molar-refractivity contribution in [2.24, 2.45) is 5.41 Å². The molecular formula is C15H22O. The topological polar surface area (TPSA) is 20.2 Å². The molecule has 0 amide bonds. The van der Waals surface area contributed by atoms with Crippen molar-refractivity contribution in [2.45, 2.75) is 52.1 Å². The monoisotopic (exact) mass is 218 g/mol. The maximum atomic E-state index is 10.1. The first kappa shape index (κ1) is 11.7. The lowest BCUT2D eigenvalue weighted by atomic mass is 9.64. The molecule has 1 N–H and O–H groups in total. The van der Waals surface area contributed by atoms with E-state index in [2.05, 4.69) is 52.0 Å². The van der Waals surface area contributed by atoms with E-state index >= 15 is 0 Å². The minimum absolute atomic E-state index is 0.0394. The van der Waals surface area contributed by atoms with Gasteiger partial charge in [0.1, 0.15) is 0 Å². The first-order chi connectivity index (χ1) is 7.38. The van der Waals surface area contributed by atoms with E-state index in [1.165, 1.54) is 11.1 Å². The lowest BCUT2D eigenvalue weighted by Gasteiger charge is -2.40. The maximum absolute atomic E-state index is 10.1. The first-order valence-electron chi connectivity index (χ1n) is 6.13. The van der Waals surface area contributed by atoms with Crippen LogP contribution in [0.4, 0.5) is 0 Å². The molecule has 1 aliphatic rings. The van der Waals surface area contributed by atoms with E-state index in [0.29, 0.717) is 0 Å². The van der Waals surface area contributed by atoms with E-state index in [1.54, 1.807) is 0 Å². The van der Waals surface area contributed by atoms with Gasteiger partial charge >= 0.3 is 0 Å². The lowest BCUT2D eigenvalue weighted by Crippen LogP contribution is -2.40. The molecule has 0 bridgehead atoms. The summed E-state index contributed by atoms with van der Waals surface area (Å²) in [7, 11) is 0. The summed E-state index contributed by atoms with van der Waals surface area (Å²) in [6, 6.07) is 8.77. The smallest absolute Gasteiger partial charge is 0.0599 e. The van der Waals surface area contributed by atoms with Crippen molar-refractivity contribution in [1.82, 2.24) is 0 Å². The van der Waals surface area contributed by atoms with E-state index in [4.69, 9.17) is 0 Å². The molecule has 88 valence electrons. The fourth-order valence-electron chi connectivity index (χ4n) is 2.91. The number of hydrogen-bond donors (Lipinski definition) is 1. The molecule has 16 heavy (non-hydrogen) atoms. The molecule has 1 fully saturated rings. The highest BCUT2D eigenvalue weighted by molar-refractivity contribution is 5.32. The van der Waals surface area contributed by atoms with Gasteiger partial charge in [-0.3, -0.25) is 0 Å². The Morgan fingerprint density at radius 1 is 1.12 bits per heavy atom. The Morgan fingerprint density at radius 2 is 1.69 bits per heavy atom. The van der Waals surface area contributed by atoms with Crippen molar-refractivity contribution in [2.75, 3.05) is 0 Å². The average molecular weight is 218 g/mol. The molecular weight excluding hydrogens is 196 g/mol. The molecule has 1 aromatic carbocycles. The normalized spacial score (nSPS) is 32.9. The maximum Gasteiger partial charge on any atom is 0.0599 e. The third kappa shape index (κ3) is 1.49.